The Balaban J connectivity index is 1.93. The fraction of sp³-hybridized carbons (Fsp3) is 0.440. The molecule has 0 aliphatic heterocycles. The average molecular weight is 396 g/mol. The molecule has 0 aliphatic rings. The zero-order valence-electron chi connectivity index (χ0n) is 17.9. The van der Waals surface area contributed by atoms with Gasteiger partial charge in [-0.2, -0.15) is 0 Å². The summed E-state index contributed by atoms with van der Waals surface area (Å²) >= 11 is 0. The molecular formula is C25H33NO3. The number of carbonyl (C=O) groups excluding carboxylic acids is 2. The molecule has 4 heteroatoms. The average Bonchev–Trinajstić information content (AvgIpc) is 2.71. The van der Waals surface area contributed by atoms with E-state index in [1.165, 1.54) is 6.42 Å². The molecule has 1 amide bonds. The van der Waals surface area contributed by atoms with Crippen LogP contribution >= 0.6 is 0 Å². The molecule has 0 aliphatic carbocycles. The first-order valence-corrected chi connectivity index (χ1v) is 10.6. The maximum atomic E-state index is 13.0. The van der Waals surface area contributed by atoms with Gasteiger partial charge in [-0.05, 0) is 51.0 Å². The third-order valence-corrected chi connectivity index (χ3v) is 4.87. The van der Waals surface area contributed by atoms with Gasteiger partial charge in [0.05, 0.1) is 6.61 Å². The first kappa shape index (κ1) is 22.7. The van der Waals surface area contributed by atoms with Gasteiger partial charge >= 0.3 is 5.97 Å². The van der Waals surface area contributed by atoms with Crippen LogP contribution in [0.3, 0.4) is 0 Å². The van der Waals surface area contributed by atoms with Crippen LogP contribution in [0.1, 0.15) is 63.0 Å². The summed E-state index contributed by atoms with van der Waals surface area (Å²) in [5, 5.41) is 0. The lowest BCUT2D eigenvalue weighted by molar-refractivity contribution is -0.143. The van der Waals surface area contributed by atoms with Crippen LogP contribution in [0.4, 0.5) is 11.4 Å². The molecule has 2 aromatic rings. The lowest BCUT2D eigenvalue weighted by atomic mass is 10.1. The van der Waals surface area contributed by atoms with E-state index >= 15 is 0 Å². The third kappa shape index (κ3) is 7.72. The Morgan fingerprint density at radius 2 is 1.31 bits per heavy atom. The highest BCUT2D eigenvalue weighted by Gasteiger charge is 2.18. The second-order valence-electron chi connectivity index (χ2n) is 7.53. The summed E-state index contributed by atoms with van der Waals surface area (Å²) in [4.78, 5) is 26.6. The molecular weight excluding hydrogens is 362 g/mol. The van der Waals surface area contributed by atoms with E-state index in [0.29, 0.717) is 19.4 Å². The first-order chi connectivity index (χ1) is 14.0. The predicted molar refractivity (Wildman–Crippen MR) is 118 cm³/mol. The summed E-state index contributed by atoms with van der Waals surface area (Å²) in [7, 11) is 0. The van der Waals surface area contributed by atoms with Crippen LogP contribution in [0.5, 0.6) is 0 Å². The van der Waals surface area contributed by atoms with E-state index in [2.05, 4.69) is 6.92 Å². The largest absolute Gasteiger partial charge is 0.466 e. The van der Waals surface area contributed by atoms with Gasteiger partial charge in [0.2, 0.25) is 5.91 Å². The number of rotatable bonds is 11. The van der Waals surface area contributed by atoms with E-state index in [1.54, 1.807) is 4.90 Å². The zero-order chi connectivity index (χ0) is 21.1. The smallest absolute Gasteiger partial charge is 0.305 e. The normalized spacial score (nSPS) is 10.6. The predicted octanol–water partition coefficient (Wildman–Crippen LogP) is 6.26. The maximum absolute atomic E-state index is 13.0. The lowest BCUT2D eigenvalue weighted by Gasteiger charge is -2.23. The Bertz CT molecular complexity index is 720. The van der Waals surface area contributed by atoms with Crippen LogP contribution in [-0.4, -0.2) is 18.5 Å². The van der Waals surface area contributed by atoms with Crippen LogP contribution in [0.25, 0.3) is 0 Å². The van der Waals surface area contributed by atoms with E-state index in [-0.39, 0.29) is 18.3 Å². The van der Waals surface area contributed by atoms with Gasteiger partial charge in [0.1, 0.15) is 0 Å². The number of anilines is 2. The van der Waals surface area contributed by atoms with Crippen molar-refractivity contribution in [3.8, 4) is 0 Å². The lowest BCUT2D eigenvalue weighted by Crippen LogP contribution is -2.25. The van der Waals surface area contributed by atoms with Crippen molar-refractivity contribution in [2.45, 2.75) is 65.7 Å². The number of carbonyl (C=O) groups is 2. The molecule has 4 nitrogen and oxygen atoms in total. The highest BCUT2D eigenvalue weighted by atomic mass is 16.5. The Morgan fingerprint density at radius 3 is 1.83 bits per heavy atom. The SMILES string of the molecule is CCCCCCOC(=O)CCCC(=O)N(c1ccc(C)cc1)c1ccc(C)cc1. The number of esters is 1. The fourth-order valence-corrected chi connectivity index (χ4v) is 3.11. The highest BCUT2D eigenvalue weighted by molar-refractivity contribution is 6.00. The third-order valence-electron chi connectivity index (χ3n) is 4.87. The molecule has 0 aromatic heterocycles. The summed E-state index contributed by atoms with van der Waals surface area (Å²) in [5.41, 5.74) is 3.96. The van der Waals surface area contributed by atoms with Gasteiger partial charge in [-0.25, -0.2) is 0 Å². The van der Waals surface area contributed by atoms with Crippen molar-refractivity contribution in [2.75, 3.05) is 11.5 Å². The Labute approximate surface area is 174 Å². The number of amides is 1. The Hall–Kier alpha value is -2.62. The van der Waals surface area contributed by atoms with Crippen molar-refractivity contribution in [3.63, 3.8) is 0 Å². The summed E-state index contributed by atoms with van der Waals surface area (Å²) in [6.45, 7) is 6.68. The number of aryl methyl sites for hydroxylation is 2. The van der Waals surface area contributed by atoms with E-state index in [9.17, 15) is 9.59 Å². The molecule has 0 saturated carbocycles. The van der Waals surface area contributed by atoms with Crippen molar-refractivity contribution < 1.29 is 14.3 Å². The summed E-state index contributed by atoms with van der Waals surface area (Å²) < 4.78 is 5.26. The van der Waals surface area contributed by atoms with Crippen molar-refractivity contribution >= 4 is 23.3 Å². The van der Waals surface area contributed by atoms with Gasteiger partial charge in [0, 0.05) is 24.2 Å². The zero-order valence-corrected chi connectivity index (χ0v) is 17.9. The van der Waals surface area contributed by atoms with Crippen molar-refractivity contribution in [3.05, 3.63) is 59.7 Å². The minimum Gasteiger partial charge on any atom is -0.466 e. The van der Waals surface area contributed by atoms with Gasteiger partial charge in [0.25, 0.3) is 0 Å². The number of benzene rings is 2. The molecule has 156 valence electrons. The van der Waals surface area contributed by atoms with Crippen LogP contribution in [-0.2, 0) is 14.3 Å². The van der Waals surface area contributed by atoms with E-state index < -0.39 is 0 Å². The molecule has 29 heavy (non-hydrogen) atoms. The molecule has 2 rings (SSSR count). The Morgan fingerprint density at radius 1 is 0.759 bits per heavy atom. The standard InChI is InChI=1S/C25H33NO3/c1-4-5-6-7-19-29-25(28)10-8-9-24(27)26(22-15-11-20(2)12-16-22)23-17-13-21(3)14-18-23/h11-18H,4-10,19H2,1-3H3. The van der Waals surface area contributed by atoms with E-state index in [0.717, 1.165) is 41.8 Å². The number of hydrogen-bond donors (Lipinski definition) is 0. The molecule has 0 radical (unpaired) electrons. The van der Waals surface area contributed by atoms with Crippen LogP contribution < -0.4 is 4.90 Å². The van der Waals surface area contributed by atoms with E-state index in [1.807, 2.05) is 62.4 Å². The van der Waals surface area contributed by atoms with Crippen LogP contribution in [0, 0.1) is 13.8 Å². The van der Waals surface area contributed by atoms with Crippen LogP contribution in [0.2, 0.25) is 0 Å². The maximum Gasteiger partial charge on any atom is 0.305 e. The fourth-order valence-electron chi connectivity index (χ4n) is 3.11. The molecule has 0 saturated heterocycles. The minimum atomic E-state index is -0.216. The molecule has 0 N–H and O–H groups in total. The number of hydrogen-bond acceptors (Lipinski definition) is 3. The number of unbranched alkanes of at least 4 members (excludes halogenated alkanes) is 3. The Kier molecular flexibility index (Phi) is 9.42. The first-order valence-electron chi connectivity index (χ1n) is 10.6. The number of nitrogens with zero attached hydrogens (tertiary/aromatic N) is 1. The molecule has 2 aromatic carbocycles. The van der Waals surface area contributed by atoms with Gasteiger partial charge < -0.3 is 4.74 Å². The molecule has 0 fully saturated rings. The van der Waals surface area contributed by atoms with Crippen molar-refractivity contribution in [2.24, 2.45) is 0 Å². The molecule has 0 spiro atoms. The van der Waals surface area contributed by atoms with Gasteiger partial charge in [-0.15, -0.1) is 0 Å². The summed E-state index contributed by atoms with van der Waals surface area (Å²) in [6, 6.07) is 15.8. The highest BCUT2D eigenvalue weighted by Crippen LogP contribution is 2.27. The van der Waals surface area contributed by atoms with E-state index in [4.69, 9.17) is 4.74 Å². The molecule has 0 unspecified atom stereocenters. The van der Waals surface area contributed by atoms with Crippen molar-refractivity contribution in [1.29, 1.82) is 0 Å². The second-order valence-corrected chi connectivity index (χ2v) is 7.53. The monoisotopic (exact) mass is 395 g/mol. The summed E-state index contributed by atoms with van der Waals surface area (Å²) in [6.07, 6.45) is 5.38. The number of ether oxygens (including phenoxy) is 1. The second kappa shape index (κ2) is 12.1. The quantitative estimate of drug-likeness (QED) is 0.333. The molecule has 0 bridgehead atoms. The summed E-state index contributed by atoms with van der Waals surface area (Å²) in [5.74, 6) is -0.236. The topological polar surface area (TPSA) is 46.6 Å². The molecule has 0 atom stereocenters. The minimum absolute atomic E-state index is 0.0200. The van der Waals surface area contributed by atoms with Crippen LogP contribution in [0.15, 0.2) is 48.5 Å². The van der Waals surface area contributed by atoms with Crippen molar-refractivity contribution in [1.82, 2.24) is 0 Å². The van der Waals surface area contributed by atoms with Gasteiger partial charge in [0.15, 0.2) is 0 Å². The van der Waals surface area contributed by atoms with Gasteiger partial charge in [-0.3, -0.25) is 14.5 Å². The molecule has 0 heterocycles. The van der Waals surface area contributed by atoms with Gasteiger partial charge in [-0.1, -0.05) is 61.6 Å².